The minimum Gasteiger partial charge on any atom is -0.370 e. The largest absolute Gasteiger partial charge is 0.370 e. The molecule has 1 aliphatic rings. The monoisotopic (exact) mass is 299 g/mol. The first kappa shape index (κ1) is 14.4. The number of guanidine groups is 1. The van der Waals surface area contributed by atoms with Gasteiger partial charge in [0.25, 0.3) is 5.91 Å². The molecule has 0 fully saturated rings. The van der Waals surface area contributed by atoms with Crippen molar-refractivity contribution in [3.8, 4) is 0 Å². The summed E-state index contributed by atoms with van der Waals surface area (Å²) in [7, 11) is -3.54. The molecule has 0 aliphatic carbocycles. The fourth-order valence-electron chi connectivity index (χ4n) is 2.31. The highest BCUT2D eigenvalue weighted by Crippen LogP contribution is 2.40. The van der Waals surface area contributed by atoms with Crippen molar-refractivity contribution in [2.75, 3.05) is 5.75 Å². The lowest BCUT2D eigenvalue weighted by Gasteiger charge is -2.16. The van der Waals surface area contributed by atoms with E-state index < -0.39 is 38.5 Å². The predicted octanol–water partition coefficient (Wildman–Crippen LogP) is 0.304. The van der Waals surface area contributed by atoms with E-state index in [4.69, 9.17) is 11.5 Å². The van der Waals surface area contributed by atoms with Crippen LogP contribution in [0.5, 0.6) is 0 Å². The number of aliphatic imine (C=N–C) groups is 1. The van der Waals surface area contributed by atoms with Crippen molar-refractivity contribution in [1.82, 2.24) is 0 Å². The number of fused-ring (bicyclic) bond motifs is 1. The third kappa shape index (κ3) is 2.26. The van der Waals surface area contributed by atoms with E-state index in [0.29, 0.717) is 5.56 Å². The molecular weight excluding hydrogens is 285 g/mol. The maximum absolute atomic E-state index is 14.0. The SMILES string of the molecule is CC1(C)CS(=O)(=O)c2cc(C(=O)N=C(N)N)c(F)cc21. The number of nitrogens with zero attached hydrogens (tertiary/aromatic N) is 1. The Morgan fingerprint density at radius 3 is 2.50 bits per heavy atom. The van der Waals surface area contributed by atoms with Gasteiger partial charge in [0, 0.05) is 5.41 Å². The molecule has 1 heterocycles. The fourth-order valence-corrected chi connectivity index (χ4v) is 4.54. The minimum absolute atomic E-state index is 0.0435. The van der Waals surface area contributed by atoms with E-state index in [-0.39, 0.29) is 10.6 Å². The van der Waals surface area contributed by atoms with Crippen LogP contribution in [0.1, 0.15) is 29.8 Å². The quantitative estimate of drug-likeness (QED) is 0.439. The lowest BCUT2D eigenvalue weighted by molar-refractivity contribution is 0.0998. The van der Waals surface area contributed by atoms with Gasteiger partial charge >= 0.3 is 0 Å². The van der Waals surface area contributed by atoms with Crippen LogP contribution in [-0.2, 0) is 15.3 Å². The molecule has 4 N–H and O–H groups in total. The summed E-state index contributed by atoms with van der Waals surface area (Å²) in [4.78, 5) is 14.8. The summed E-state index contributed by atoms with van der Waals surface area (Å²) in [6.45, 7) is 3.40. The lowest BCUT2D eigenvalue weighted by Crippen LogP contribution is -2.24. The summed E-state index contributed by atoms with van der Waals surface area (Å²) in [5, 5.41) is 0. The van der Waals surface area contributed by atoms with E-state index in [1.54, 1.807) is 13.8 Å². The zero-order valence-electron chi connectivity index (χ0n) is 11.0. The van der Waals surface area contributed by atoms with Gasteiger partial charge in [-0.25, -0.2) is 12.8 Å². The van der Waals surface area contributed by atoms with Gasteiger partial charge in [-0.2, -0.15) is 4.99 Å². The number of amides is 1. The highest BCUT2D eigenvalue weighted by atomic mass is 32.2. The maximum Gasteiger partial charge on any atom is 0.283 e. The van der Waals surface area contributed by atoms with E-state index >= 15 is 0 Å². The van der Waals surface area contributed by atoms with Gasteiger partial charge in [-0.15, -0.1) is 0 Å². The van der Waals surface area contributed by atoms with Crippen LogP contribution < -0.4 is 11.5 Å². The first-order valence-electron chi connectivity index (χ1n) is 5.75. The summed E-state index contributed by atoms with van der Waals surface area (Å²) < 4.78 is 38.1. The first-order valence-corrected chi connectivity index (χ1v) is 7.40. The van der Waals surface area contributed by atoms with Crippen molar-refractivity contribution in [3.63, 3.8) is 0 Å². The molecule has 8 heteroatoms. The molecule has 0 bridgehead atoms. The Morgan fingerprint density at radius 2 is 1.95 bits per heavy atom. The van der Waals surface area contributed by atoms with E-state index in [2.05, 4.69) is 4.99 Å². The van der Waals surface area contributed by atoms with Crippen molar-refractivity contribution in [2.24, 2.45) is 16.5 Å². The summed E-state index contributed by atoms with van der Waals surface area (Å²) in [6, 6.07) is 2.07. The van der Waals surface area contributed by atoms with E-state index in [9.17, 15) is 17.6 Å². The number of nitrogens with two attached hydrogens (primary N) is 2. The summed E-state index contributed by atoms with van der Waals surface area (Å²) in [5.74, 6) is -2.50. The zero-order chi connectivity index (χ0) is 15.3. The van der Waals surface area contributed by atoms with Gasteiger partial charge in [0.05, 0.1) is 16.2 Å². The normalized spacial score (nSPS) is 18.4. The van der Waals surface area contributed by atoms with Crippen molar-refractivity contribution >= 4 is 21.7 Å². The van der Waals surface area contributed by atoms with Gasteiger partial charge in [-0.05, 0) is 17.7 Å². The number of sulfone groups is 1. The van der Waals surface area contributed by atoms with Crippen LogP contribution in [0.3, 0.4) is 0 Å². The third-order valence-corrected chi connectivity index (χ3v) is 5.25. The zero-order valence-corrected chi connectivity index (χ0v) is 11.8. The molecule has 1 amide bonds. The second kappa shape index (κ2) is 4.27. The average molecular weight is 299 g/mol. The van der Waals surface area contributed by atoms with Gasteiger partial charge in [0.1, 0.15) is 5.82 Å². The predicted molar refractivity (Wildman–Crippen MR) is 71.6 cm³/mol. The fraction of sp³-hybridized carbons (Fsp3) is 0.333. The number of hydrogen-bond donors (Lipinski definition) is 2. The lowest BCUT2D eigenvalue weighted by atomic mass is 9.86. The molecule has 1 aromatic rings. The molecule has 1 aliphatic heterocycles. The Labute approximate surface area is 115 Å². The number of rotatable bonds is 1. The molecule has 20 heavy (non-hydrogen) atoms. The highest BCUT2D eigenvalue weighted by molar-refractivity contribution is 7.91. The topological polar surface area (TPSA) is 116 Å². The smallest absolute Gasteiger partial charge is 0.283 e. The second-order valence-corrected chi connectivity index (χ2v) is 7.27. The van der Waals surface area contributed by atoms with Crippen molar-refractivity contribution < 1.29 is 17.6 Å². The molecule has 0 unspecified atom stereocenters. The van der Waals surface area contributed by atoms with Crippen molar-refractivity contribution in [1.29, 1.82) is 0 Å². The average Bonchev–Trinajstić information content (AvgIpc) is 2.42. The van der Waals surface area contributed by atoms with Gasteiger partial charge in [-0.1, -0.05) is 13.8 Å². The van der Waals surface area contributed by atoms with Crippen LogP contribution in [-0.4, -0.2) is 26.0 Å². The third-order valence-electron chi connectivity index (χ3n) is 3.15. The number of benzene rings is 1. The number of hydrogen-bond acceptors (Lipinski definition) is 3. The molecule has 1 aromatic carbocycles. The van der Waals surface area contributed by atoms with Crippen LogP contribution in [0, 0.1) is 5.82 Å². The molecule has 0 saturated carbocycles. The van der Waals surface area contributed by atoms with Gasteiger partial charge in [0.15, 0.2) is 15.8 Å². The number of halogens is 1. The molecule has 0 atom stereocenters. The number of carbonyl (C=O) groups excluding carboxylic acids is 1. The molecule has 2 rings (SSSR count). The standard InChI is InChI=1S/C12H14FN3O3S/c1-12(2)5-20(18,19)9-3-6(8(13)4-7(9)12)10(17)16-11(14)15/h3-4H,5H2,1-2H3,(H4,14,15,16,17). The molecule has 6 nitrogen and oxygen atoms in total. The summed E-state index contributed by atoms with van der Waals surface area (Å²) >= 11 is 0. The van der Waals surface area contributed by atoms with E-state index in [1.807, 2.05) is 0 Å². The molecule has 108 valence electrons. The second-order valence-electron chi connectivity index (χ2n) is 5.31. The summed E-state index contributed by atoms with van der Waals surface area (Å²) in [6.07, 6.45) is 0. The highest BCUT2D eigenvalue weighted by Gasteiger charge is 2.41. The van der Waals surface area contributed by atoms with E-state index in [0.717, 1.165) is 12.1 Å². The Balaban J connectivity index is 2.69. The minimum atomic E-state index is -3.54. The van der Waals surface area contributed by atoms with Crippen LogP contribution in [0.25, 0.3) is 0 Å². The van der Waals surface area contributed by atoms with Crippen molar-refractivity contribution in [2.45, 2.75) is 24.2 Å². The molecular formula is C12H14FN3O3S. The summed E-state index contributed by atoms with van der Waals surface area (Å²) in [5.41, 5.74) is 9.31. The molecule has 0 aromatic heterocycles. The Kier molecular flexibility index (Phi) is 3.09. The Hall–Kier alpha value is -1.96. The number of carbonyl (C=O) groups is 1. The van der Waals surface area contributed by atoms with Crippen LogP contribution >= 0.6 is 0 Å². The van der Waals surface area contributed by atoms with Gasteiger partial charge in [-0.3, -0.25) is 4.79 Å². The Morgan fingerprint density at radius 1 is 1.35 bits per heavy atom. The molecule has 0 spiro atoms. The first-order chi connectivity index (χ1) is 9.04. The van der Waals surface area contributed by atoms with Crippen LogP contribution in [0.2, 0.25) is 0 Å². The maximum atomic E-state index is 14.0. The molecule has 0 saturated heterocycles. The Bertz CT molecular complexity index is 735. The van der Waals surface area contributed by atoms with Gasteiger partial charge in [0.2, 0.25) is 0 Å². The van der Waals surface area contributed by atoms with Gasteiger partial charge < -0.3 is 11.5 Å². The van der Waals surface area contributed by atoms with Crippen LogP contribution in [0.15, 0.2) is 22.0 Å². The van der Waals surface area contributed by atoms with Crippen molar-refractivity contribution in [3.05, 3.63) is 29.1 Å². The van der Waals surface area contributed by atoms with Crippen LogP contribution in [0.4, 0.5) is 4.39 Å². The molecule has 0 radical (unpaired) electrons. The van der Waals surface area contributed by atoms with E-state index in [1.165, 1.54) is 0 Å².